The number of hydrogen-bond donors (Lipinski definition) is 1. The highest BCUT2D eigenvalue weighted by molar-refractivity contribution is 9.10. The zero-order valence-electron chi connectivity index (χ0n) is 16.0. The van der Waals surface area contributed by atoms with Gasteiger partial charge in [-0.05, 0) is 35.7 Å². The molecule has 0 aliphatic heterocycles. The zero-order valence-corrected chi connectivity index (χ0v) is 17.6. The highest BCUT2D eigenvalue weighted by Crippen LogP contribution is 2.58. The Kier molecular flexibility index (Phi) is 5.49. The van der Waals surface area contributed by atoms with Crippen LogP contribution < -0.4 is 10.2 Å². The molecule has 29 heavy (non-hydrogen) atoms. The first kappa shape index (κ1) is 19.4. The van der Waals surface area contributed by atoms with Crippen molar-refractivity contribution < 1.29 is 9.53 Å². The Labute approximate surface area is 178 Å². The molecule has 1 aliphatic rings. The minimum absolute atomic E-state index is 0.0806. The van der Waals surface area contributed by atoms with Crippen LogP contribution in [0.2, 0.25) is 0 Å². The van der Waals surface area contributed by atoms with Crippen LogP contribution in [0.15, 0.2) is 88.4 Å². The van der Waals surface area contributed by atoms with E-state index in [1.54, 1.807) is 13.3 Å². The molecule has 4 rings (SSSR count). The van der Waals surface area contributed by atoms with Gasteiger partial charge in [0.2, 0.25) is 5.91 Å². The van der Waals surface area contributed by atoms with Crippen molar-refractivity contribution >= 4 is 28.1 Å². The van der Waals surface area contributed by atoms with Crippen LogP contribution in [0.1, 0.15) is 23.1 Å². The molecule has 0 aromatic heterocycles. The van der Waals surface area contributed by atoms with E-state index in [1.807, 2.05) is 54.6 Å². The topological polar surface area (TPSA) is 50.7 Å². The third-order valence-electron chi connectivity index (χ3n) is 5.43. The standard InChI is InChI=1S/C24H21BrN2O2/c1-29-22-13-12-20(25)14-17(22)16-26-27-23(28)21-15-24(21,18-8-4-2-5-9-18)19-10-6-3-7-11-19/h2-14,16,21H,15H2,1H3,(H,27,28). The number of halogens is 1. The number of hydrazone groups is 1. The van der Waals surface area contributed by atoms with Crippen LogP contribution in [0.5, 0.6) is 5.75 Å². The van der Waals surface area contributed by atoms with E-state index in [2.05, 4.69) is 50.7 Å². The highest BCUT2D eigenvalue weighted by atomic mass is 79.9. The van der Waals surface area contributed by atoms with Gasteiger partial charge in [-0.1, -0.05) is 76.6 Å². The second-order valence-corrected chi connectivity index (χ2v) is 8.00. The first-order valence-electron chi connectivity index (χ1n) is 9.42. The van der Waals surface area contributed by atoms with E-state index in [0.717, 1.165) is 27.6 Å². The van der Waals surface area contributed by atoms with Crippen LogP contribution >= 0.6 is 15.9 Å². The van der Waals surface area contributed by atoms with Gasteiger partial charge in [-0.2, -0.15) is 5.10 Å². The Morgan fingerprint density at radius 1 is 1.07 bits per heavy atom. The van der Waals surface area contributed by atoms with E-state index >= 15 is 0 Å². The van der Waals surface area contributed by atoms with E-state index in [4.69, 9.17) is 4.74 Å². The SMILES string of the molecule is COc1ccc(Br)cc1C=NNC(=O)C1CC1(c1ccccc1)c1ccccc1. The molecule has 1 saturated carbocycles. The van der Waals surface area contributed by atoms with E-state index in [9.17, 15) is 4.79 Å². The molecule has 0 heterocycles. The van der Waals surface area contributed by atoms with Crippen molar-refractivity contribution in [3.05, 3.63) is 100 Å². The van der Waals surface area contributed by atoms with Crippen LogP contribution in [0.3, 0.4) is 0 Å². The molecule has 1 atom stereocenters. The first-order valence-corrected chi connectivity index (χ1v) is 10.2. The molecule has 146 valence electrons. The lowest BCUT2D eigenvalue weighted by atomic mass is 9.85. The molecule has 1 N–H and O–H groups in total. The minimum atomic E-state index is -0.296. The number of carbonyl (C=O) groups is 1. The number of rotatable bonds is 6. The van der Waals surface area contributed by atoms with E-state index in [0.29, 0.717) is 5.75 Å². The molecule has 1 unspecified atom stereocenters. The summed E-state index contributed by atoms with van der Waals surface area (Å²) in [5.41, 5.74) is 5.52. The molecule has 0 radical (unpaired) electrons. The number of ether oxygens (including phenoxy) is 1. The summed E-state index contributed by atoms with van der Waals surface area (Å²) in [6.45, 7) is 0. The summed E-state index contributed by atoms with van der Waals surface area (Å²) in [6.07, 6.45) is 2.37. The summed E-state index contributed by atoms with van der Waals surface area (Å²) in [7, 11) is 1.61. The van der Waals surface area contributed by atoms with Gasteiger partial charge < -0.3 is 4.74 Å². The number of benzene rings is 3. The van der Waals surface area contributed by atoms with Gasteiger partial charge in [0.05, 0.1) is 19.2 Å². The second-order valence-electron chi connectivity index (χ2n) is 7.08. The third-order valence-corrected chi connectivity index (χ3v) is 5.92. The number of hydrogen-bond acceptors (Lipinski definition) is 3. The van der Waals surface area contributed by atoms with Gasteiger partial charge in [0, 0.05) is 15.5 Å². The Bertz CT molecular complexity index is 996. The summed E-state index contributed by atoms with van der Waals surface area (Å²) in [5, 5.41) is 4.18. The molecule has 3 aromatic carbocycles. The molecule has 3 aromatic rings. The van der Waals surface area contributed by atoms with Crippen molar-refractivity contribution in [2.45, 2.75) is 11.8 Å². The van der Waals surface area contributed by atoms with Gasteiger partial charge in [0.25, 0.3) is 0 Å². The highest BCUT2D eigenvalue weighted by Gasteiger charge is 2.60. The molecule has 1 fully saturated rings. The zero-order chi connectivity index (χ0) is 20.3. The maximum atomic E-state index is 12.9. The Morgan fingerprint density at radius 2 is 1.69 bits per heavy atom. The van der Waals surface area contributed by atoms with E-state index in [1.165, 1.54) is 0 Å². The monoisotopic (exact) mass is 448 g/mol. The lowest BCUT2D eigenvalue weighted by molar-refractivity contribution is -0.122. The van der Waals surface area contributed by atoms with Crippen LogP contribution in [-0.2, 0) is 10.2 Å². The lowest BCUT2D eigenvalue weighted by Gasteiger charge is -2.18. The predicted molar refractivity (Wildman–Crippen MR) is 118 cm³/mol. The van der Waals surface area contributed by atoms with Gasteiger partial charge in [0.1, 0.15) is 5.75 Å². The van der Waals surface area contributed by atoms with E-state index in [-0.39, 0.29) is 17.2 Å². The summed E-state index contributed by atoms with van der Waals surface area (Å²) >= 11 is 3.44. The van der Waals surface area contributed by atoms with Crippen molar-refractivity contribution in [2.24, 2.45) is 11.0 Å². The van der Waals surface area contributed by atoms with Crippen LogP contribution in [0.4, 0.5) is 0 Å². The maximum Gasteiger partial charge on any atom is 0.244 e. The smallest absolute Gasteiger partial charge is 0.244 e. The summed E-state index contributed by atoms with van der Waals surface area (Å²) in [5.74, 6) is 0.456. The van der Waals surface area contributed by atoms with Crippen molar-refractivity contribution in [1.29, 1.82) is 0 Å². The van der Waals surface area contributed by atoms with Gasteiger partial charge in [0.15, 0.2) is 0 Å². The van der Waals surface area contributed by atoms with E-state index < -0.39 is 0 Å². The largest absolute Gasteiger partial charge is 0.496 e. The Morgan fingerprint density at radius 3 is 2.28 bits per heavy atom. The third kappa shape index (κ3) is 3.83. The molecule has 1 amide bonds. The number of methoxy groups -OCH3 is 1. The predicted octanol–water partition coefficient (Wildman–Crippen LogP) is 4.91. The molecule has 1 aliphatic carbocycles. The van der Waals surface area contributed by atoms with Crippen molar-refractivity contribution in [3.8, 4) is 5.75 Å². The van der Waals surface area contributed by atoms with Gasteiger partial charge in [-0.25, -0.2) is 5.43 Å². The van der Waals surface area contributed by atoms with Crippen molar-refractivity contribution in [3.63, 3.8) is 0 Å². The van der Waals surface area contributed by atoms with Crippen molar-refractivity contribution in [1.82, 2.24) is 5.43 Å². The fraction of sp³-hybridized carbons (Fsp3) is 0.167. The van der Waals surface area contributed by atoms with Gasteiger partial charge >= 0.3 is 0 Å². The quantitative estimate of drug-likeness (QED) is 0.429. The molecular weight excluding hydrogens is 428 g/mol. The van der Waals surface area contributed by atoms with Gasteiger partial charge in [-0.3, -0.25) is 4.79 Å². The molecule has 0 spiro atoms. The second kappa shape index (κ2) is 8.21. The van der Waals surface area contributed by atoms with Crippen LogP contribution in [-0.4, -0.2) is 19.2 Å². The summed E-state index contributed by atoms with van der Waals surface area (Å²) < 4.78 is 6.26. The van der Waals surface area contributed by atoms with Gasteiger partial charge in [-0.15, -0.1) is 0 Å². The fourth-order valence-corrected chi connectivity index (χ4v) is 4.28. The summed E-state index contributed by atoms with van der Waals surface area (Å²) in [4.78, 5) is 12.9. The average molecular weight is 449 g/mol. The number of carbonyl (C=O) groups excluding carboxylic acids is 1. The summed E-state index contributed by atoms with van der Waals surface area (Å²) in [6, 6.07) is 26.1. The number of nitrogens with zero attached hydrogens (tertiary/aromatic N) is 1. The Balaban J connectivity index is 1.54. The lowest BCUT2D eigenvalue weighted by Crippen LogP contribution is -2.25. The van der Waals surface area contributed by atoms with Crippen LogP contribution in [0, 0.1) is 5.92 Å². The minimum Gasteiger partial charge on any atom is -0.496 e. The number of amides is 1. The molecule has 0 saturated heterocycles. The Hall–Kier alpha value is -2.92. The molecule has 0 bridgehead atoms. The molecule has 4 nitrogen and oxygen atoms in total. The normalized spacial score (nSPS) is 17.1. The number of nitrogens with one attached hydrogen (secondary N) is 1. The molecule has 5 heteroatoms. The maximum absolute atomic E-state index is 12.9. The fourth-order valence-electron chi connectivity index (χ4n) is 3.90. The average Bonchev–Trinajstić information content (AvgIpc) is 3.52. The van der Waals surface area contributed by atoms with Crippen LogP contribution in [0.25, 0.3) is 0 Å². The van der Waals surface area contributed by atoms with Crippen molar-refractivity contribution in [2.75, 3.05) is 7.11 Å². The molecular formula is C24H21BrN2O2. The first-order chi connectivity index (χ1) is 14.1.